The van der Waals surface area contributed by atoms with Crippen LogP contribution in [0.3, 0.4) is 0 Å². The summed E-state index contributed by atoms with van der Waals surface area (Å²) in [6.45, 7) is 4.17. The highest BCUT2D eigenvalue weighted by Gasteiger charge is 2.34. The molecule has 0 spiro atoms. The minimum absolute atomic E-state index is 0.00153. The summed E-state index contributed by atoms with van der Waals surface area (Å²) < 4.78 is 32.0. The van der Waals surface area contributed by atoms with Crippen molar-refractivity contribution in [2.24, 2.45) is 0 Å². The second kappa shape index (κ2) is 5.51. The SMILES string of the molecule is CC1CN(S(=O)(=O)c2cccc(C(=O)O)c2)C(C)CO1. The lowest BCUT2D eigenvalue weighted by molar-refractivity contribution is -0.0170. The number of aromatic carboxylic acids is 1. The molecule has 7 heteroatoms. The van der Waals surface area contributed by atoms with E-state index in [2.05, 4.69) is 0 Å². The number of carboxylic acid groups (broad SMARTS) is 1. The van der Waals surface area contributed by atoms with Gasteiger partial charge < -0.3 is 9.84 Å². The van der Waals surface area contributed by atoms with Crippen LogP contribution in [0.25, 0.3) is 0 Å². The van der Waals surface area contributed by atoms with Crippen molar-refractivity contribution >= 4 is 16.0 Å². The summed E-state index contributed by atoms with van der Waals surface area (Å²) in [6.07, 6.45) is -0.177. The fraction of sp³-hybridized carbons (Fsp3) is 0.462. The van der Waals surface area contributed by atoms with Gasteiger partial charge in [-0.1, -0.05) is 6.07 Å². The number of morpholine rings is 1. The van der Waals surface area contributed by atoms with Crippen LogP contribution in [0, 0.1) is 0 Å². The number of rotatable bonds is 3. The number of nitrogens with zero attached hydrogens (tertiary/aromatic N) is 1. The first-order valence-corrected chi connectivity index (χ1v) is 7.73. The number of benzene rings is 1. The van der Waals surface area contributed by atoms with E-state index in [1.807, 2.05) is 6.92 Å². The van der Waals surface area contributed by atoms with Gasteiger partial charge >= 0.3 is 5.97 Å². The second-order valence-electron chi connectivity index (χ2n) is 4.90. The van der Waals surface area contributed by atoms with Gasteiger partial charge in [-0.25, -0.2) is 13.2 Å². The third-order valence-corrected chi connectivity index (χ3v) is 5.21. The summed E-state index contributed by atoms with van der Waals surface area (Å²) in [5, 5.41) is 8.95. The van der Waals surface area contributed by atoms with E-state index >= 15 is 0 Å². The van der Waals surface area contributed by atoms with Crippen molar-refractivity contribution in [1.82, 2.24) is 4.31 Å². The molecule has 1 aliphatic heterocycles. The lowest BCUT2D eigenvalue weighted by atomic mass is 10.2. The Labute approximate surface area is 118 Å². The summed E-state index contributed by atoms with van der Waals surface area (Å²) in [4.78, 5) is 10.9. The first-order chi connectivity index (χ1) is 9.32. The fourth-order valence-corrected chi connectivity index (χ4v) is 3.87. The third kappa shape index (κ3) is 2.84. The molecule has 0 aromatic heterocycles. The van der Waals surface area contributed by atoms with E-state index in [0.29, 0.717) is 6.61 Å². The van der Waals surface area contributed by atoms with Crippen molar-refractivity contribution in [3.8, 4) is 0 Å². The number of hydrogen-bond donors (Lipinski definition) is 1. The fourth-order valence-electron chi connectivity index (χ4n) is 2.13. The molecule has 1 aromatic carbocycles. The topological polar surface area (TPSA) is 83.9 Å². The Morgan fingerprint density at radius 2 is 2.10 bits per heavy atom. The molecule has 1 fully saturated rings. The molecule has 1 aromatic rings. The van der Waals surface area contributed by atoms with Crippen LogP contribution in [-0.2, 0) is 14.8 Å². The van der Waals surface area contributed by atoms with E-state index in [4.69, 9.17) is 9.84 Å². The molecule has 2 rings (SSSR count). The van der Waals surface area contributed by atoms with Crippen molar-refractivity contribution in [3.63, 3.8) is 0 Å². The van der Waals surface area contributed by atoms with Gasteiger partial charge in [0.25, 0.3) is 0 Å². The first kappa shape index (κ1) is 15.0. The van der Waals surface area contributed by atoms with Crippen LogP contribution < -0.4 is 0 Å². The molecular weight excluding hydrogens is 282 g/mol. The normalized spacial score (nSPS) is 24.5. The average Bonchev–Trinajstić information content (AvgIpc) is 2.41. The Morgan fingerprint density at radius 1 is 1.40 bits per heavy atom. The van der Waals surface area contributed by atoms with Crippen molar-refractivity contribution in [2.45, 2.75) is 30.9 Å². The van der Waals surface area contributed by atoms with E-state index < -0.39 is 16.0 Å². The average molecular weight is 299 g/mol. The third-order valence-electron chi connectivity index (χ3n) is 3.24. The van der Waals surface area contributed by atoms with Gasteiger partial charge in [-0.3, -0.25) is 0 Å². The maximum absolute atomic E-state index is 12.6. The second-order valence-corrected chi connectivity index (χ2v) is 6.79. The highest BCUT2D eigenvalue weighted by atomic mass is 32.2. The van der Waals surface area contributed by atoms with Gasteiger partial charge in [-0.05, 0) is 32.0 Å². The molecule has 2 unspecified atom stereocenters. The monoisotopic (exact) mass is 299 g/mol. The van der Waals surface area contributed by atoms with Crippen LogP contribution in [-0.4, -0.2) is 49.1 Å². The Kier molecular flexibility index (Phi) is 4.12. The molecule has 1 N–H and O–H groups in total. The summed E-state index contributed by atoms with van der Waals surface area (Å²) in [5.41, 5.74) is -0.0416. The van der Waals surface area contributed by atoms with Gasteiger partial charge in [0.15, 0.2) is 0 Å². The zero-order valence-corrected chi connectivity index (χ0v) is 12.1. The van der Waals surface area contributed by atoms with Crippen LogP contribution in [0.15, 0.2) is 29.2 Å². The van der Waals surface area contributed by atoms with Crippen molar-refractivity contribution in [2.75, 3.05) is 13.2 Å². The molecular formula is C13H17NO5S. The molecule has 1 heterocycles. The summed E-state index contributed by atoms with van der Waals surface area (Å²) in [5.74, 6) is -1.15. The molecule has 0 aliphatic carbocycles. The molecule has 0 saturated carbocycles. The smallest absolute Gasteiger partial charge is 0.335 e. The van der Waals surface area contributed by atoms with Gasteiger partial charge in [0.1, 0.15) is 0 Å². The Morgan fingerprint density at radius 3 is 2.75 bits per heavy atom. The molecule has 0 amide bonds. The maximum atomic E-state index is 12.6. The quantitative estimate of drug-likeness (QED) is 0.906. The Bertz CT molecular complexity index is 613. The Balaban J connectivity index is 2.39. The van der Waals surface area contributed by atoms with Gasteiger partial charge in [0, 0.05) is 12.6 Å². The molecule has 110 valence electrons. The minimum Gasteiger partial charge on any atom is -0.478 e. The highest BCUT2D eigenvalue weighted by Crippen LogP contribution is 2.23. The van der Waals surface area contributed by atoms with Crippen LogP contribution in [0.5, 0.6) is 0 Å². The van der Waals surface area contributed by atoms with E-state index in [1.54, 1.807) is 6.92 Å². The van der Waals surface area contributed by atoms with Crippen LogP contribution in [0.1, 0.15) is 24.2 Å². The number of carboxylic acids is 1. The highest BCUT2D eigenvalue weighted by molar-refractivity contribution is 7.89. The van der Waals surface area contributed by atoms with E-state index in [0.717, 1.165) is 0 Å². The zero-order valence-electron chi connectivity index (χ0n) is 11.3. The largest absolute Gasteiger partial charge is 0.478 e. The predicted molar refractivity (Wildman–Crippen MR) is 72.2 cm³/mol. The molecule has 2 atom stereocenters. The molecule has 0 bridgehead atoms. The summed E-state index contributed by atoms with van der Waals surface area (Å²) in [6, 6.07) is 5.13. The minimum atomic E-state index is -3.71. The number of hydrogen-bond acceptors (Lipinski definition) is 4. The van der Waals surface area contributed by atoms with Crippen LogP contribution in [0.2, 0.25) is 0 Å². The van der Waals surface area contributed by atoms with Crippen molar-refractivity contribution < 1.29 is 23.1 Å². The summed E-state index contributed by atoms with van der Waals surface area (Å²) >= 11 is 0. The summed E-state index contributed by atoms with van der Waals surface area (Å²) in [7, 11) is -3.71. The van der Waals surface area contributed by atoms with Gasteiger partial charge in [-0.2, -0.15) is 4.31 Å². The van der Waals surface area contributed by atoms with Gasteiger partial charge in [-0.15, -0.1) is 0 Å². The van der Waals surface area contributed by atoms with E-state index in [-0.39, 0.29) is 29.1 Å². The van der Waals surface area contributed by atoms with Crippen LogP contribution in [0.4, 0.5) is 0 Å². The number of sulfonamides is 1. The van der Waals surface area contributed by atoms with Crippen LogP contribution >= 0.6 is 0 Å². The zero-order chi connectivity index (χ0) is 14.9. The maximum Gasteiger partial charge on any atom is 0.335 e. The number of carbonyl (C=O) groups is 1. The molecule has 1 saturated heterocycles. The molecule has 1 aliphatic rings. The van der Waals surface area contributed by atoms with Crippen molar-refractivity contribution in [1.29, 1.82) is 0 Å². The standard InChI is InChI=1S/C13H17NO5S/c1-9-8-19-10(2)7-14(9)20(17,18)12-5-3-4-11(6-12)13(15)16/h3-6,9-10H,7-8H2,1-2H3,(H,15,16). The van der Waals surface area contributed by atoms with Gasteiger partial charge in [0.05, 0.1) is 23.2 Å². The van der Waals surface area contributed by atoms with E-state index in [1.165, 1.54) is 28.6 Å². The lowest BCUT2D eigenvalue weighted by Crippen LogP contribution is -2.50. The Hall–Kier alpha value is -1.44. The molecule has 20 heavy (non-hydrogen) atoms. The molecule has 0 radical (unpaired) electrons. The van der Waals surface area contributed by atoms with Crippen molar-refractivity contribution in [3.05, 3.63) is 29.8 Å². The lowest BCUT2D eigenvalue weighted by Gasteiger charge is -2.35. The van der Waals surface area contributed by atoms with Gasteiger partial charge in [0.2, 0.25) is 10.0 Å². The first-order valence-electron chi connectivity index (χ1n) is 6.29. The molecule has 6 nitrogen and oxygen atoms in total. The van der Waals surface area contributed by atoms with E-state index in [9.17, 15) is 13.2 Å². The predicted octanol–water partition coefficient (Wildman–Crippen LogP) is 1.18. The number of ether oxygens (including phenoxy) is 1.